The summed E-state index contributed by atoms with van der Waals surface area (Å²) in [5, 5.41) is 4.40. The number of hydrogen-bond acceptors (Lipinski definition) is 1. The molecule has 2 rings (SSSR count). The van der Waals surface area contributed by atoms with Crippen LogP contribution < -0.4 is 4.99 Å². The van der Waals surface area contributed by atoms with Gasteiger partial charge in [-0.15, -0.1) is 0 Å². The Balaban J connectivity index is 2.14. The molecular weight excluding hydrogens is 150 g/mol. The molecule has 1 N–H and O–H groups in total. The molecule has 1 unspecified atom stereocenters. The number of aryl methyl sites for hydroxylation is 1. The average Bonchev–Trinajstić information content (AvgIpc) is 2.54. The summed E-state index contributed by atoms with van der Waals surface area (Å²) in [6, 6.07) is 2.63. The van der Waals surface area contributed by atoms with E-state index in [-0.39, 0.29) is 0 Å². The first-order valence-corrected chi connectivity index (χ1v) is 4.43. The first-order chi connectivity index (χ1) is 5.86. The molecule has 1 aliphatic heterocycles. The lowest BCUT2D eigenvalue weighted by Gasteiger charge is -2.14. The predicted octanol–water partition coefficient (Wildman–Crippen LogP) is -0.322. The summed E-state index contributed by atoms with van der Waals surface area (Å²) < 4.78 is 2.08. The fourth-order valence-corrected chi connectivity index (χ4v) is 1.57. The summed E-state index contributed by atoms with van der Waals surface area (Å²) in [4.78, 5) is 3.23. The van der Waals surface area contributed by atoms with Crippen LogP contribution in [0.3, 0.4) is 0 Å². The lowest BCUT2D eigenvalue weighted by molar-refractivity contribution is -0.459. The van der Waals surface area contributed by atoms with Gasteiger partial charge in [-0.05, 0) is 13.0 Å². The summed E-state index contributed by atoms with van der Waals surface area (Å²) in [5.74, 6) is 0. The number of nitrogens with one attached hydrogen (secondary N) is 1. The zero-order chi connectivity index (χ0) is 8.39. The van der Waals surface area contributed by atoms with Crippen molar-refractivity contribution in [1.29, 1.82) is 0 Å². The van der Waals surface area contributed by atoms with E-state index in [9.17, 15) is 0 Å². The third-order valence-electron chi connectivity index (χ3n) is 2.27. The molecule has 1 atom stereocenters. The number of rotatable bonds is 1. The molecule has 1 aromatic rings. The van der Waals surface area contributed by atoms with Crippen molar-refractivity contribution < 1.29 is 4.99 Å². The molecular formula is C9H14N3+. The van der Waals surface area contributed by atoms with E-state index in [2.05, 4.69) is 33.3 Å². The maximum absolute atomic E-state index is 4.40. The van der Waals surface area contributed by atoms with Crippen LogP contribution in [0.1, 0.15) is 24.6 Å². The minimum Gasteiger partial charge on any atom is -0.269 e. The summed E-state index contributed by atoms with van der Waals surface area (Å²) in [6.45, 7) is 3.10. The molecule has 64 valence electrons. The minimum absolute atomic E-state index is 0.569. The summed E-state index contributed by atoms with van der Waals surface area (Å²) >= 11 is 0. The molecule has 0 fully saturated rings. The van der Waals surface area contributed by atoms with Crippen molar-refractivity contribution in [3.05, 3.63) is 18.0 Å². The average molecular weight is 164 g/mol. The first-order valence-electron chi connectivity index (χ1n) is 4.43. The Kier molecular flexibility index (Phi) is 1.94. The van der Waals surface area contributed by atoms with Crippen LogP contribution in [0.4, 0.5) is 0 Å². The highest BCUT2D eigenvalue weighted by Gasteiger charge is 2.15. The van der Waals surface area contributed by atoms with Gasteiger partial charge in [0.15, 0.2) is 0 Å². The van der Waals surface area contributed by atoms with Crippen molar-refractivity contribution in [2.45, 2.75) is 25.8 Å². The molecule has 2 heterocycles. The molecule has 0 spiro atoms. The lowest BCUT2D eigenvalue weighted by Crippen LogP contribution is -2.71. The van der Waals surface area contributed by atoms with E-state index in [0.29, 0.717) is 6.04 Å². The first kappa shape index (κ1) is 7.53. The van der Waals surface area contributed by atoms with Crippen LogP contribution >= 0.6 is 0 Å². The highest BCUT2D eigenvalue weighted by Crippen LogP contribution is 2.13. The topological polar surface area (TPSA) is 31.8 Å². The number of nitrogens with zero attached hydrogens (tertiary/aromatic N) is 2. The van der Waals surface area contributed by atoms with Crippen LogP contribution in [0.25, 0.3) is 0 Å². The van der Waals surface area contributed by atoms with Gasteiger partial charge in [-0.3, -0.25) is 9.67 Å². The number of hydrogen-bond donors (Lipinski definition) is 1. The number of aromatic nitrogens is 2. The molecule has 0 amide bonds. The Morgan fingerprint density at radius 2 is 2.58 bits per heavy atom. The molecule has 1 aliphatic rings. The standard InChI is InChI=1S/C9H13N3/c1-8-4-7-12(11-8)9-2-5-10-6-3-9/h4-5,7,9H,2-3,6H2,1H3/p+1. The van der Waals surface area contributed by atoms with Crippen molar-refractivity contribution in [1.82, 2.24) is 9.78 Å². The summed E-state index contributed by atoms with van der Waals surface area (Å²) in [5.41, 5.74) is 1.11. The normalized spacial score (nSPS) is 22.9. The van der Waals surface area contributed by atoms with E-state index < -0.39 is 0 Å². The van der Waals surface area contributed by atoms with Gasteiger partial charge in [0.2, 0.25) is 0 Å². The van der Waals surface area contributed by atoms with E-state index in [0.717, 1.165) is 18.7 Å². The maximum atomic E-state index is 4.40. The second-order valence-electron chi connectivity index (χ2n) is 3.27. The molecule has 0 aliphatic carbocycles. The van der Waals surface area contributed by atoms with Crippen LogP contribution in [-0.2, 0) is 0 Å². The maximum Gasteiger partial charge on any atom is 0.142 e. The molecule has 3 nitrogen and oxygen atoms in total. The Morgan fingerprint density at radius 1 is 1.67 bits per heavy atom. The Bertz CT molecular complexity index is 288. The van der Waals surface area contributed by atoms with E-state index in [1.54, 1.807) is 0 Å². The molecule has 0 aromatic carbocycles. The third-order valence-corrected chi connectivity index (χ3v) is 2.27. The van der Waals surface area contributed by atoms with Gasteiger partial charge in [-0.25, -0.2) is 0 Å². The fourth-order valence-electron chi connectivity index (χ4n) is 1.57. The summed E-state index contributed by atoms with van der Waals surface area (Å²) in [6.07, 6.45) is 6.46. The second kappa shape index (κ2) is 3.09. The largest absolute Gasteiger partial charge is 0.269 e. The van der Waals surface area contributed by atoms with Gasteiger partial charge in [0.05, 0.1) is 11.7 Å². The van der Waals surface area contributed by atoms with Gasteiger partial charge in [0, 0.05) is 19.0 Å². The zero-order valence-electron chi connectivity index (χ0n) is 7.33. The van der Waals surface area contributed by atoms with Crippen LogP contribution in [0.15, 0.2) is 12.3 Å². The Hall–Kier alpha value is -1.12. The van der Waals surface area contributed by atoms with Crippen molar-refractivity contribution in [2.75, 3.05) is 6.54 Å². The van der Waals surface area contributed by atoms with Gasteiger partial charge < -0.3 is 0 Å². The second-order valence-corrected chi connectivity index (χ2v) is 3.27. The fraction of sp³-hybridized carbons (Fsp3) is 0.556. The van der Waals surface area contributed by atoms with Gasteiger partial charge >= 0.3 is 0 Å². The SMILES string of the molecule is Cc1ccn(C2CC=[NH+]CC2)n1. The molecule has 0 radical (unpaired) electrons. The van der Waals surface area contributed by atoms with Gasteiger partial charge in [0.1, 0.15) is 12.8 Å². The summed E-state index contributed by atoms with van der Waals surface area (Å²) in [7, 11) is 0. The molecule has 12 heavy (non-hydrogen) atoms. The highest BCUT2D eigenvalue weighted by molar-refractivity contribution is 5.51. The van der Waals surface area contributed by atoms with Crippen LogP contribution in [0.5, 0.6) is 0 Å². The third kappa shape index (κ3) is 1.40. The van der Waals surface area contributed by atoms with Crippen molar-refractivity contribution >= 4 is 6.21 Å². The van der Waals surface area contributed by atoms with E-state index in [1.165, 1.54) is 6.42 Å². The minimum atomic E-state index is 0.569. The van der Waals surface area contributed by atoms with E-state index in [4.69, 9.17) is 0 Å². The van der Waals surface area contributed by atoms with Crippen LogP contribution in [0.2, 0.25) is 0 Å². The van der Waals surface area contributed by atoms with Crippen LogP contribution in [0, 0.1) is 6.92 Å². The van der Waals surface area contributed by atoms with Crippen molar-refractivity contribution in [3.8, 4) is 0 Å². The van der Waals surface area contributed by atoms with Crippen molar-refractivity contribution in [2.24, 2.45) is 0 Å². The van der Waals surface area contributed by atoms with Gasteiger partial charge in [0.25, 0.3) is 0 Å². The van der Waals surface area contributed by atoms with E-state index in [1.807, 2.05) is 6.92 Å². The molecule has 0 saturated heterocycles. The van der Waals surface area contributed by atoms with E-state index >= 15 is 0 Å². The van der Waals surface area contributed by atoms with Crippen LogP contribution in [-0.4, -0.2) is 22.5 Å². The smallest absolute Gasteiger partial charge is 0.142 e. The molecule has 0 saturated carbocycles. The Labute approximate surface area is 72.1 Å². The predicted molar refractivity (Wildman–Crippen MR) is 47.1 cm³/mol. The molecule has 1 aromatic heterocycles. The highest BCUT2D eigenvalue weighted by atomic mass is 15.3. The molecule has 3 heteroatoms. The molecule has 0 bridgehead atoms. The lowest BCUT2D eigenvalue weighted by atomic mass is 10.1. The van der Waals surface area contributed by atoms with Gasteiger partial charge in [-0.2, -0.15) is 5.10 Å². The monoisotopic (exact) mass is 164 g/mol. The van der Waals surface area contributed by atoms with Crippen molar-refractivity contribution in [3.63, 3.8) is 0 Å². The zero-order valence-corrected chi connectivity index (χ0v) is 7.33. The quantitative estimate of drug-likeness (QED) is 0.606. The van der Waals surface area contributed by atoms with Gasteiger partial charge in [-0.1, -0.05) is 0 Å². The Morgan fingerprint density at radius 3 is 3.17 bits per heavy atom.